The SMILES string of the molecule is CCCCCOC(=O)C1[C@@H]2C=C[C@]3(CN(c4cccc5ccccc45)C(=O)[C@H]13)O2. The number of amides is 1. The highest BCUT2D eigenvalue weighted by Gasteiger charge is 2.67. The summed E-state index contributed by atoms with van der Waals surface area (Å²) in [6.45, 7) is 2.94. The molecule has 5 heteroatoms. The summed E-state index contributed by atoms with van der Waals surface area (Å²) in [4.78, 5) is 28.1. The summed E-state index contributed by atoms with van der Waals surface area (Å²) in [5.74, 6) is -1.44. The van der Waals surface area contributed by atoms with Crippen LogP contribution in [0.2, 0.25) is 0 Å². The first-order valence-electron chi connectivity index (χ1n) is 10.5. The van der Waals surface area contributed by atoms with Gasteiger partial charge in [-0.25, -0.2) is 0 Å². The van der Waals surface area contributed by atoms with E-state index in [0.29, 0.717) is 13.2 Å². The van der Waals surface area contributed by atoms with Gasteiger partial charge in [0.05, 0.1) is 30.9 Å². The molecule has 1 unspecified atom stereocenters. The topological polar surface area (TPSA) is 55.8 Å². The van der Waals surface area contributed by atoms with Crippen LogP contribution in [0.3, 0.4) is 0 Å². The standard InChI is InChI=1S/C24H25NO4/c1-2-3-6-14-28-23(27)20-19-12-13-24(29-19)15-25(22(26)21(20)24)18-11-7-9-16-8-4-5-10-17(16)18/h4-5,7-13,19-21H,2-3,6,14-15H2,1H3/t19-,20?,21-,24+/m0/s1. The van der Waals surface area contributed by atoms with Gasteiger partial charge in [-0.05, 0) is 17.9 Å². The number of ether oxygens (including phenoxy) is 2. The number of carbonyl (C=O) groups is 2. The van der Waals surface area contributed by atoms with Crippen LogP contribution in [-0.4, -0.2) is 36.7 Å². The first-order valence-corrected chi connectivity index (χ1v) is 10.5. The minimum atomic E-state index is -0.730. The quantitative estimate of drug-likeness (QED) is 0.426. The molecule has 29 heavy (non-hydrogen) atoms. The second-order valence-electron chi connectivity index (χ2n) is 8.20. The molecule has 2 aromatic carbocycles. The van der Waals surface area contributed by atoms with Crippen molar-refractivity contribution in [1.29, 1.82) is 0 Å². The minimum absolute atomic E-state index is 0.0521. The molecule has 1 amide bonds. The largest absolute Gasteiger partial charge is 0.465 e. The zero-order chi connectivity index (χ0) is 20.0. The molecule has 3 aliphatic rings. The molecule has 0 aromatic heterocycles. The summed E-state index contributed by atoms with van der Waals surface area (Å²) in [5, 5.41) is 2.11. The fraction of sp³-hybridized carbons (Fsp3) is 0.417. The van der Waals surface area contributed by atoms with Gasteiger partial charge in [-0.1, -0.05) is 68.3 Å². The Kier molecular flexibility index (Phi) is 4.43. The van der Waals surface area contributed by atoms with Gasteiger partial charge in [-0.2, -0.15) is 0 Å². The summed E-state index contributed by atoms with van der Waals surface area (Å²) in [6, 6.07) is 14.0. The molecule has 5 nitrogen and oxygen atoms in total. The number of carbonyl (C=O) groups excluding carboxylic acids is 2. The van der Waals surface area contributed by atoms with Crippen molar-refractivity contribution in [3.05, 3.63) is 54.6 Å². The lowest BCUT2D eigenvalue weighted by molar-refractivity contribution is -0.152. The summed E-state index contributed by atoms with van der Waals surface area (Å²) < 4.78 is 11.7. The van der Waals surface area contributed by atoms with Gasteiger partial charge in [-0.3, -0.25) is 9.59 Å². The van der Waals surface area contributed by atoms with E-state index in [0.717, 1.165) is 35.7 Å². The average molecular weight is 391 g/mol. The molecule has 5 rings (SSSR count). The van der Waals surface area contributed by atoms with Crippen molar-refractivity contribution in [2.24, 2.45) is 11.8 Å². The molecule has 0 aliphatic carbocycles. The number of esters is 1. The van der Waals surface area contributed by atoms with E-state index in [1.54, 1.807) is 4.90 Å². The van der Waals surface area contributed by atoms with Crippen molar-refractivity contribution in [3.8, 4) is 0 Å². The molecule has 0 N–H and O–H groups in total. The van der Waals surface area contributed by atoms with Crippen LogP contribution in [0.5, 0.6) is 0 Å². The Bertz CT molecular complexity index is 994. The van der Waals surface area contributed by atoms with Crippen LogP contribution < -0.4 is 4.90 Å². The summed E-state index contributed by atoms with van der Waals surface area (Å²) >= 11 is 0. The Morgan fingerprint density at radius 1 is 1.21 bits per heavy atom. The van der Waals surface area contributed by atoms with Crippen molar-refractivity contribution in [2.45, 2.75) is 37.9 Å². The number of fused-ring (bicyclic) bond motifs is 2. The predicted molar refractivity (Wildman–Crippen MR) is 111 cm³/mol. The zero-order valence-corrected chi connectivity index (χ0v) is 16.5. The Labute approximate surface area is 170 Å². The van der Waals surface area contributed by atoms with Gasteiger partial charge in [0, 0.05) is 5.39 Å². The van der Waals surface area contributed by atoms with E-state index < -0.39 is 17.4 Å². The second kappa shape index (κ2) is 6.99. The third-order valence-corrected chi connectivity index (χ3v) is 6.42. The molecule has 1 spiro atoms. The molecular formula is C24H25NO4. The normalized spacial score (nSPS) is 29.6. The Hall–Kier alpha value is -2.66. The van der Waals surface area contributed by atoms with Gasteiger partial charge in [0.15, 0.2) is 0 Å². The predicted octanol–water partition coefficient (Wildman–Crippen LogP) is 3.86. The Balaban J connectivity index is 1.44. The summed E-state index contributed by atoms with van der Waals surface area (Å²) in [6.07, 6.45) is 6.48. The Morgan fingerprint density at radius 3 is 2.90 bits per heavy atom. The smallest absolute Gasteiger partial charge is 0.312 e. The van der Waals surface area contributed by atoms with Crippen molar-refractivity contribution < 1.29 is 19.1 Å². The maximum Gasteiger partial charge on any atom is 0.312 e. The van der Waals surface area contributed by atoms with E-state index in [9.17, 15) is 9.59 Å². The van der Waals surface area contributed by atoms with Crippen molar-refractivity contribution in [3.63, 3.8) is 0 Å². The molecule has 150 valence electrons. The molecule has 4 atom stereocenters. The third-order valence-electron chi connectivity index (χ3n) is 6.42. The van der Waals surface area contributed by atoms with Crippen LogP contribution in [0, 0.1) is 11.8 Å². The Morgan fingerprint density at radius 2 is 2.03 bits per heavy atom. The second-order valence-corrected chi connectivity index (χ2v) is 8.20. The highest BCUT2D eigenvalue weighted by Crippen LogP contribution is 2.53. The molecule has 0 radical (unpaired) electrons. The van der Waals surface area contributed by atoms with E-state index >= 15 is 0 Å². The number of rotatable bonds is 6. The third kappa shape index (κ3) is 2.79. The zero-order valence-electron chi connectivity index (χ0n) is 16.5. The maximum absolute atomic E-state index is 13.5. The molecular weight excluding hydrogens is 366 g/mol. The van der Waals surface area contributed by atoms with E-state index in [2.05, 4.69) is 6.92 Å². The monoisotopic (exact) mass is 391 g/mol. The van der Waals surface area contributed by atoms with E-state index in [4.69, 9.17) is 9.47 Å². The molecule has 3 heterocycles. The van der Waals surface area contributed by atoms with Gasteiger partial charge in [0.2, 0.25) is 5.91 Å². The molecule has 2 aromatic rings. The number of unbranched alkanes of at least 4 members (excludes halogenated alkanes) is 2. The number of hydrogen-bond donors (Lipinski definition) is 0. The fourth-order valence-electron chi connectivity index (χ4n) is 5.04. The highest BCUT2D eigenvalue weighted by molar-refractivity contribution is 6.08. The average Bonchev–Trinajstić information content (AvgIpc) is 3.39. The number of benzene rings is 2. The first-order chi connectivity index (χ1) is 14.1. The molecule has 2 fully saturated rings. The van der Waals surface area contributed by atoms with Crippen LogP contribution in [-0.2, 0) is 19.1 Å². The van der Waals surface area contributed by atoms with Crippen LogP contribution in [0.15, 0.2) is 54.6 Å². The molecule has 2 saturated heterocycles. The van der Waals surface area contributed by atoms with Crippen molar-refractivity contribution >= 4 is 28.3 Å². The van der Waals surface area contributed by atoms with Crippen LogP contribution in [0.4, 0.5) is 5.69 Å². The fourth-order valence-corrected chi connectivity index (χ4v) is 5.04. The van der Waals surface area contributed by atoms with Gasteiger partial charge in [-0.15, -0.1) is 0 Å². The minimum Gasteiger partial charge on any atom is -0.465 e. The highest BCUT2D eigenvalue weighted by atomic mass is 16.6. The summed E-state index contributed by atoms with van der Waals surface area (Å²) in [5.41, 5.74) is 0.138. The number of nitrogens with zero attached hydrogens (tertiary/aromatic N) is 1. The van der Waals surface area contributed by atoms with Gasteiger partial charge < -0.3 is 14.4 Å². The lowest BCUT2D eigenvalue weighted by atomic mass is 9.77. The van der Waals surface area contributed by atoms with Crippen molar-refractivity contribution in [1.82, 2.24) is 0 Å². The summed E-state index contributed by atoms with van der Waals surface area (Å²) in [7, 11) is 0. The first kappa shape index (κ1) is 18.4. The van der Waals surface area contributed by atoms with Gasteiger partial charge in [0.25, 0.3) is 0 Å². The van der Waals surface area contributed by atoms with Crippen LogP contribution in [0.25, 0.3) is 10.8 Å². The molecule has 2 bridgehead atoms. The van der Waals surface area contributed by atoms with Gasteiger partial charge >= 0.3 is 5.97 Å². The van der Waals surface area contributed by atoms with E-state index in [1.807, 2.05) is 54.6 Å². The maximum atomic E-state index is 13.5. The van der Waals surface area contributed by atoms with Crippen LogP contribution >= 0.6 is 0 Å². The van der Waals surface area contributed by atoms with E-state index in [-0.39, 0.29) is 18.0 Å². The van der Waals surface area contributed by atoms with Crippen LogP contribution in [0.1, 0.15) is 26.2 Å². The molecule has 3 aliphatic heterocycles. The van der Waals surface area contributed by atoms with Gasteiger partial charge in [0.1, 0.15) is 11.5 Å². The lowest BCUT2D eigenvalue weighted by Crippen LogP contribution is -2.40. The van der Waals surface area contributed by atoms with Crippen molar-refractivity contribution in [2.75, 3.05) is 18.1 Å². The lowest BCUT2D eigenvalue weighted by Gasteiger charge is -2.23. The molecule has 0 saturated carbocycles. The number of anilines is 1. The number of hydrogen-bond acceptors (Lipinski definition) is 4. The van der Waals surface area contributed by atoms with E-state index in [1.165, 1.54) is 0 Å².